The van der Waals surface area contributed by atoms with Crippen LogP contribution in [-0.2, 0) is 11.3 Å². The third-order valence-electron chi connectivity index (χ3n) is 5.63. The molecule has 0 aliphatic carbocycles. The Morgan fingerprint density at radius 2 is 1.87 bits per heavy atom. The van der Waals surface area contributed by atoms with Crippen molar-refractivity contribution in [1.82, 2.24) is 4.57 Å². The lowest BCUT2D eigenvalue weighted by atomic mass is 9.91. The van der Waals surface area contributed by atoms with Gasteiger partial charge in [-0.15, -0.1) is 0 Å². The van der Waals surface area contributed by atoms with E-state index in [1.807, 2.05) is 13.0 Å². The number of halogens is 2. The number of fused-ring (bicyclic) bond motifs is 1. The summed E-state index contributed by atoms with van der Waals surface area (Å²) in [7, 11) is 0. The average Bonchev–Trinajstić information content (AvgIpc) is 3.08. The Morgan fingerprint density at radius 3 is 2.57 bits per heavy atom. The first-order chi connectivity index (χ1) is 14.3. The van der Waals surface area contributed by atoms with Crippen molar-refractivity contribution in [2.75, 3.05) is 6.61 Å². The average molecular weight is 436 g/mol. The van der Waals surface area contributed by atoms with Crippen LogP contribution in [0.5, 0.6) is 0 Å². The minimum absolute atomic E-state index is 0.198. The zero-order valence-corrected chi connectivity index (χ0v) is 17.0. The number of benzene rings is 2. The van der Waals surface area contributed by atoms with E-state index in [0.717, 1.165) is 5.56 Å². The van der Waals surface area contributed by atoms with Gasteiger partial charge in [-0.1, -0.05) is 35.9 Å². The van der Waals surface area contributed by atoms with Gasteiger partial charge in [-0.3, -0.25) is 0 Å². The summed E-state index contributed by atoms with van der Waals surface area (Å²) < 4.78 is 21.9. The maximum Gasteiger partial charge on any atom is 0.128 e. The first-order valence-corrected chi connectivity index (χ1v) is 10.0. The highest BCUT2D eigenvalue weighted by molar-refractivity contribution is 6.35. The van der Waals surface area contributed by atoms with Crippen LogP contribution >= 0.6 is 11.6 Å². The second kappa shape index (κ2) is 8.26. The largest absolute Gasteiger partial charge is 0.394 e. The van der Waals surface area contributed by atoms with Gasteiger partial charge in [-0.05, 0) is 24.6 Å². The number of aryl methyl sites for hydroxylation is 1. The van der Waals surface area contributed by atoms with Gasteiger partial charge >= 0.3 is 0 Å². The Hall–Kier alpha value is -2.00. The van der Waals surface area contributed by atoms with E-state index in [1.165, 1.54) is 6.07 Å². The van der Waals surface area contributed by atoms with E-state index in [1.54, 1.807) is 35.0 Å². The molecule has 0 bridgehead atoms. The van der Waals surface area contributed by atoms with E-state index in [4.69, 9.17) is 16.3 Å². The van der Waals surface area contributed by atoms with Gasteiger partial charge in [0.2, 0.25) is 0 Å². The van der Waals surface area contributed by atoms with Crippen LogP contribution in [0.3, 0.4) is 0 Å². The molecule has 0 saturated carbocycles. The third kappa shape index (κ3) is 3.62. The molecule has 1 fully saturated rings. The number of hydrogen-bond donors (Lipinski definition) is 4. The van der Waals surface area contributed by atoms with Crippen molar-refractivity contribution < 1.29 is 29.6 Å². The number of rotatable bonds is 4. The molecule has 8 heteroatoms. The molecule has 0 unspecified atom stereocenters. The van der Waals surface area contributed by atoms with Gasteiger partial charge in [0, 0.05) is 22.7 Å². The SMILES string of the molecule is Cc1ccc(Cn2cc([C@@H]3O[C@H](CO)[C@@H](O)[C@H](O)[C@H]3O)c3cccc(Cl)c32)c(F)c1. The summed E-state index contributed by atoms with van der Waals surface area (Å²) in [5.74, 6) is -0.335. The molecular weight excluding hydrogens is 413 g/mol. The molecule has 0 radical (unpaired) electrons. The Bertz CT molecular complexity index is 1070. The summed E-state index contributed by atoms with van der Waals surface area (Å²) in [6.45, 7) is 1.49. The van der Waals surface area contributed by atoms with Crippen LogP contribution < -0.4 is 0 Å². The van der Waals surface area contributed by atoms with Gasteiger partial charge in [-0.25, -0.2) is 4.39 Å². The molecule has 1 aromatic heterocycles. The molecule has 4 N–H and O–H groups in total. The fraction of sp³-hybridized carbons (Fsp3) is 0.364. The molecule has 1 saturated heterocycles. The summed E-state index contributed by atoms with van der Waals surface area (Å²) in [6.07, 6.45) is -4.70. The minimum atomic E-state index is -1.49. The minimum Gasteiger partial charge on any atom is -0.394 e. The van der Waals surface area contributed by atoms with Gasteiger partial charge in [-0.2, -0.15) is 0 Å². The standard InChI is InChI=1S/C22H23ClFNO5/c1-11-5-6-12(16(24)7-11)8-25-9-14(13-3-2-4-15(23)18(13)25)22-21(29)20(28)19(27)17(10-26)30-22/h2-7,9,17,19-22,26-29H,8,10H2,1H3/t17-,19-,20+,21-,22+/m1/s1. The molecule has 1 aliphatic rings. The molecule has 160 valence electrons. The second-order valence-corrected chi connectivity index (χ2v) is 8.10. The van der Waals surface area contributed by atoms with E-state index in [-0.39, 0.29) is 12.4 Å². The van der Waals surface area contributed by atoms with Crippen LogP contribution in [0.15, 0.2) is 42.6 Å². The van der Waals surface area contributed by atoms with E-state index in [2.05, 4.69) is 0 Å². The lowest BCUT2D eigenvalue weighted by Crippen LogP contribution is -2.55. The highest BCUT2D eigenvalue weighted by Gasteiger charge is 2.44. The van der Waals surface area contributed by atoms with E-state index < -0.39 is 37.1 Å². The molecule has 6 nitrogen and oxygen atoms in total. The molecule has 0 spiro atoms. The van der Waals surface area contributed by atoms with Crippen molar-refractivity contribution in [3.05, 3.63) is 70.1 Å². The van der Waals surface area contributed by atoms with Gasteiger partial charge in [0.15, 0.2) is 0 Å². The summed E-state index contributed by atoms with van der Waals surface area (Å²) in [6, 6.07) is 10.2. The van der Waals surface area contributed by atoms with Crippen molar-refractivity contribution in [2.24, 2.45) is 0 Å². The fourth-order valence-corrected chi connectivity index (χ4v) is 4.30. The molecule has 2 heterocycles. The quantitative estimate of drug-likeness (QED) is 0.504. The molecule has 1 aliphatic heterocycles. The Balaban J connectivity index is 1.81. The molecular formula is C22H23ClFNO5. The second-order valence-electron chi connectivity index (χ2n) is 7.69. The number of aromatic nitrogens is 1. The van der Waals surface area contributed by atoms with Crippen molar-refractivity contribution in [3.8, 4) is 0 Å². The third-order valence-corrected chi connectivity index (χ3v) is 5.93. The monoisotopic (exact) mass is 435 g/mol. The lowest BCUT2D eigenvalue weighted by Gasteiger charge is -2.40. The zero-order chi connectivity index (χ0) is 21.6. The van der Waals surface area contributed by atoms with Crippen LogP contribution in [0.2, 0.25) is 5.02 Å². The highest BCUT2D eigenvalue weighted by Crippen LogP contribution is 2.39. The van der Waals surface area contributed by atoms with Gasteiger partial charge < -0.3 is 29.7 Å². The van der Waals surface area contributed by atoms with Crippen molar-refractivity contribution in [2.45, 2.75) is 44.0 Å². The molecule has 30 heavy (non-hydrogen) atoms. The number of aliphatic hydroxyl groups excluding tert-OH is 4. The number of ether oxygens (including phenoxy) is 1. The van der Waals surface area contributed by atoms with Crippen LogP contribution in [0.4, 0.5) is 4.39 Å². The van der Waals surface area contributed by atoms with Crippen molar-refractivity contribution >= 4 is 22.5 Å². The molecule has 0 amide bonds. The van der Waals surface area contributed by atoms with E-state index in [9.17, 15) is 24.8 Å². The Morgan fingerprint density at radius 1 is 1.10 bits per heavy atom. The molecule has 2 aromatic carbocycles. The topological polar surface area (TPSA) is 95.1 Å². The maximum atomic E-state index is 14.5. The summed E-state index contributed by atoms with van der Waals surface area (Å²) in [4.78, 5) is 0. The number of nitrogens with zero attached hydrogens (tertiary/aromatic N) is 1. The molecule has 3 aromatic rings. The highest BCUT2D eigenvalue weighted by atomic mass is 35.5. The number of aliphatic hydroxyl groups is 4. The first kappa shape index (κ1) is 21.2. The van der Waals surface area contributed by atoms with E-state index >= 15 is 0 Å². The van der Waals surface area contributed by atoms with Crippen LogP contribution in [0.1, 0.15) is 22.8 Å². The predicted octanol–water partition coefficient (Wildman–Crippen LogP) is 2.31. The Labute approximate surface area is 177 Å². The van der Waals surface area contributed by atoms with Crippen molar-refractivity contribution in [3.63, 3.8) is 0 Å². The van der Waals surface area contributed by atoms with Crippen LogP contribution in [0, 0.1) is 12.7 Å². The lowest BCUT2D eigenvalue weighted by molar-refractivity contribution is -0.231. The van der Waals surface area contributed by atoms with Crippen LogP contribution in [0.25, 0.3) is 10.9 Å². The first-order valence-electron chi connectivity index (χ1n) is 9.64. The van der Waals surface area contributed by atoms with Gasteiger partial charge in [0.05, 0.1) is 23.7 Å². The normalized spacial score (nSPS) is 27.0. The summed E-state index contributed by atoms with van der Waals surface area (Å²) >= 11 is 6.44. The van der Waals surface area contributed by atoms with E-state index in [0.29, 0.717) is 27.1 Å². The van der Waals surface area contributed by atoms with Crippen molar-refractivity contribution in [1.29, 1.82) is 0 Å². The summed E-state index contributed by atoms with van der Waals surface area (Å²) in [5, 5.41) is 41.4. The molecule has 5 atom stereocenters. The van der Waals surface area contributed by atoms with Crippen LogP contribution in [-0.4, -0.2) is 56.0 Å². The smallest absolute Gasteiger partial charge is 0.128 e. The number of hydrogen-bond acceptors (Lipinski definition) is 5. The van der Waals surface area contributed by atoms with Gasteiger partial charge in [0.25, 0.3) is 0 Å². The number of para-hydroxylation sites is 1. The molecule has 4 rings (SSSR count). The fourth-order valence-electron chi connectivity index (χ4n) is 4.02. The Kier molecular flexibility index (Phi) is 5.85. The maximum absolute atomic E-state index is 14.5. The van der Waals surface area contributed by atoms with Gasteiger partial charge in [0.1, 0.15) is 36.3 Å². The zero-order valence-electron chi connectivity index (χ0n) is 16.2. The summed E-state index contributed by atoms with van der Waals surface area (Å²) in [5.41, 5.74) is 2.44. The predicted molar refractivity (Wildman–Crippen MR) is 110 cm³/mol.